The van der Waals surface area contributed by atoms with E-state index < -0.39 is 0 Å². The van der Waals surface area contributed by atoms with Crippen molar-refractivity contribution < 1.29 is 4.74 Å². The monoisotopic (exact) mass is 259 g/mol. The first-order chi connectivity index (χ1) is 9.38. The van der Waals surface area contributed by atoms with Crippen molar-refractivity contribution in [2.24, 2.45) is 0 Å². The summed E-state index contributed by atoms with van der Waals surface area (Å²) in [6.45, 7) is 8.10. The maximum atomic E-state index is 5.39. The molecule has 1 aromatic carbocycles. The van der Waals surface area contributed by atoms with Gasteiger partial charge in [-0.15, -0.1) is 0 Å². The van der Waals surface area contributed by atoms with E-state index in [1.165, 1.54) is 11.3 Å². The predicted octanol–water partition coefficient (Wildman–Crippen LogP) is 1.93. The largest absolute Gasteiger partial charge is 0.379 e. The fourth-order valence-electron chi connectivity index (χ4n) is 2.71. The fourth-order valence-corrected chi connectivity index (χ4v) is 2.71. The first-order valence-corrected chi connectivity index (χ1v) is 7.12. The summed E-state index contributed by atoms with van der Waals surface area (Å²) in [6, 6.07) is 8.41. The van der Waals surface area contributed by atoms with Gasteiger partial charge in [0.25, 0.3) is 0 Å². The highest BCUT2D eigenvalue weighted by Gasteiger charge is 2.13. The van der Waals surface area contributed by atoms with Gasteiger partial charge >= 0.3 is 0 Å². The van der Waals surface area contributed by atoms with Crippen LogP contribution >= 0.6 is 0 Å². The maximum absolute atomic E-state index is 5.39. The number of aryl methyl sites for hydroxylation is 1. The third-order valence-electron chi connectivity index (χ3n) is 3.79. The van der Waals surface area contributed by atoms with E-state index in [9.17, 15) is 0 Å². The van der Waals surface area contributed by atoms with Gasteiger partial charge in [-0.2, -0.15) is 0 Å². The summed E-state index contributed by atoms with van der Waals surface area (Å²) in [5.74, 6) is 1.19. The number of aromatic nitrogens is 2. The van der Waals surface area contributed by atoms with Crippen LogP contribution in [0.1, 0.15) is 12.7 Å². The Labute approximate surface area is 114 Å². The summed E-state index contributed by atoms with van der Waals surface area (Å²) >= 11 is 0. The molecule has 3 rings (SSSR count). The Bertz CT molecular complexity index is 543. The van der Waals surface area contributed by atoms with Crippen molar-refractivity contribution >= 4 is 11.0 Å². The lowest BCUT2D eigenvalue weighted by atomic mass is 10.3. The van der Waals surface area contributed by atoms with E-state index >= 15 is 0 Å². The minimum absolute atomic E-state index is 0.866. The van der Waals surface area contributed by atoms with Gasteiger partial charge < -0.3 is 9.30 Å². The Morgan fingerprint density at radius 3 is 2.74 bits per heavy atom. The second-order valence-electron chi connectivity index (χ2n) is 4.98. The summed E-state index contributed by atoms with van der Waals surface area (Å²) in [6.07, 6.45) is 0.984. The zero-order chi connectivity index (χ0) is 13.1. The molecule has 0 spiro atoms. The molecule has 0 bridgehead atoms. The molecule has 1 saturated heterocycles. The lowest BCUT2D eigenvalue weighted by Crippen LogP contribution is -2.38. The molecule has 2 aromatic rings. The van der Waals surface area contributed by atoms with E-state index in [0.717, 1.165) is 51.3 Å². The van der Waals surface area contributed by atoms with E-state index in [-0.39, 0.29) is 0 Å². The number of ether oxygens (including phenoxy) is 1. The van der Waals surface area contributed by atoms with Gasteiger partial charge in [-0.1, -0.05) is 19.1 Å². The molecule has 0 amide bonds. The standard InChI is InChI=1S/C15H21N3O/c1-2-15-16-13-5-3-4-6-14(13)18(15)8-7-17-9-11-19-12-10-17/h3-6H,2,7-12H2,1H3. The van der Waals surface area contributed by atoms with Crippen molar-refractivity contribution in [2.45, 2.75) is 19.9 Å². The van der Waals surface area contributed by atoms with Gasteiger partial charge in [-0.3, -0.25) is 4.90 Å². The highest BCUT2D eigenvalue weighted by atomic mass is 16.5. The molecule has 1 aromatic heterocycles. The summed E-state index contributed by atoms with van der Waals surface area (Å²) in [4.78, 5) is 7.18. The average molecular weight is 259 g/mol. The first-order valence-electron chi connectivity index (χ1n) is 7.12. The first kappa shape index (κ1) is 12.6. The Morgan fingerprint density at radius 2 is 1.95 bits per heavy atom. The maximum Gasteiger partial charge on any atom is 0.109 e. The number of fused-ring (bicyclic) bond motifs is 1. The SMILES string of the molecule is CCc1nc2ccccc2n1CCN1CCOCC1. The molecule has 0 unspecified atom stereocenters. The van der Waals surface area contributed by atoms with E-state index in [2.05, 4.69) is 40.7 Å². The Kier molecular flexibility index (Phi) is 3.80. The average Bonchev–Trinajstić information content (AvgIpc) is 2.84. The van der Waals surface area contributed by atoms with Crippen molar-refractivity contribution in [1.82, 2.24) is 14.5 Å². The number of nitrogens with zero attached hydrogens (tertiary/aromatic N) is 3. The molecule has 0 saturated carbocycles. The van der Waals surface area contributed by atoms with Crippen LogP contribution < -0.4 is 0 Å². The number of rotatable bonds is 4. The molecular formula is C15H21N3O. The van der Waals surface area contributed by atoms with Crippen LogP contribution in [0, 0.1) is 0 Å². The Hall–Kier alpha value is -1.39. The molecular weight excluding hydrogens is 238 g/mol. The van der Waals surface area contributed by atoms with Crippen molar-refractivity contribution in [1.29, 1.82) is 0 Å². The molecule has 2 heterocycles. The smallest absolute Gasteiger partial charge is 0.109 e. The van der Waals surface area contributed by atoms with Crippen molar-refractivity contribution in [3.05, 3.63) is 30.1 Å². The lowest BCUT2D eigenvalue weighted by Gasteiger charge is -2.26. The molecule has 19 heavy (non-hydrogen) atoms. The lowest BCUT2D eigenvalue weighted by molar-refractivity contribution is 0.0364. The second-order valence-corrected chi connectivity index (χ2v) is 4.98. The molecule has 0 N–H and O–H groups in total. The van der Waals surface area contributed by atoms with Gasteiger partial charge in [0.1, 0.15) is 5.82 Å². The fraction of sp³-hybridized carbons (Fsp3) is 0.533. The topological polar surface area (TPSA) is 30.3 Å². The number of hydrogen-bond acceptors (Lipinski definition) is 3. The van der Waals surface area contributed by atoms with Crippen LogP contribution in [0.4, 0.5) is 0 Å². The zero-order valence-corrected chi connectivity index (χ0v) is 11.5. The van der Waals surface area contributed by atoms with Crippen molar-refractivity contribution in [3.8, 4) is 0 Å². The normalized spacial score (nSPS) is 17.1. The number of morpholine rings is 1. The van der Waals surface area contributed by atoms with Crippen LogP contribution in [0.2, 0.25) is 0 Å². The van der Waals surface area contributed by atoms with Crippen molar-refractivity contribution in [2.75, 3.05) is 32.8 Å². The zero-order valence-electron chi connectivity index (χ0n) is 11.5. The minimum Gasteiger partial charge on any atom is -0.379 e. The number of hydrogen-bond donors (Lipinski definition) is 0. The highest BCUT2D eigenvalue weighted by molar-refractivity contribution is 5.75. The van der Waals surface area contributed by atoms with Crippen LogP contribution in [-0.2, 0) is 17.7 Å². The number of benzene rings is 1. The molecule has 1 aliphatic rings. The van der Waals surface area contributed by atoms with Gasteiger partial charge in [0.2, 0.25) is 0 Å². The highest BCUT2D eigenvalue weighted by Crippen LogP contribution is 2.16. The van der Waals surface area contributed by atoms with Crippen LogP contribution in [0.15, 0.2) is 24.3 Å². The molecule has 1 aliphatic heterocycles. The molecule has 1 fully saturated rings. The van der Waals surface area contributed by atoms with Crippen LogP contribution in [0.25, 0.3) is 11.0 Å². The quantitative estimate of drug-likeness (QED) is 0.840. The van der Waals surface area contributed by atoms with Crippen LogP contribution in [0.3, 0.4) is 0 Å². The Morgan fingerprint density at radius 1 is 1.16 bits per heavy atom. The summed E-state index contributed by atoms with van der Waals surface area (Å²) in [5, 5.41) is 0. The van der Waals surface area contributed by atoms with E-state index in [4.69, 9.17) is 9.72 Å². The second kappa shape index (κ2) is 5.72. The summed E-state index contributed by atoms with van der Waals surface area (Å²) in [7, 11) is 0. The van der Waals surface area contributed by atoms with Crippen molar-refractivity contribution in [3.63, 3.8) is 0 Å². The number of para-hydroxylation sites is 2. The van der Waals surface area contributed by atoms with Crippen LogP contribution in [-0.4, -0.2) is 47.3 Å². The molecule has 0 atom stereocenters. The van der Waals surface area contributed by atoms with E-state index in [1.807, 2.05) is 0 Å². The van der Waals surface area contributed by atoms with Crippen LogP contribution in [0.5, 0.6) is 0 Å². The van der Waals surface area contributed by atoms with E-state index in [0.29, 0.717) is 0 Å². The van der Waals surface area contributed by atoms with Gasteiger partial charge in [0, 0.05) is 32.6 Å². The third kappa shape index (κ3) is 2.65. The molecule has 102 valence electrons. The number of imidazole rings is 1. The molecule has 4 heteroatoms. The van der Waals surface area contributed by atoms with E-state index in [1.54, 1.807) is 0 Å². The van der Waals surface area contributed by atoms with Gasteiger partial charge in [0.15, 0.2) is 0 Å². The van der Waals surface area contributed by atoms with Gasteiger partial charge in [0.05, 0.1) is 24.2 Å². The molecule has 0 aliphatic carbocycles. The Balaban J connectivity index is 1.78. The molecule has 4 nitrogen and oxygen atoms in total. The molecule has 0 radical (unpaired) electrons. The van der Waals surface area contributed by atoms with Gasteiger partial charge in [-0.25, -0.2) is 4.98 Å². The summed E-state index contributed by atoms with van der Waals surface area (Å²) < 4.78 is 7.76. The third-order valence-corrected chi connectivity index (χ3v) is 3.79. The predicted molar refractivity (Wildman–Crippen MR) is 76.4 cm³/mol. The van der Waals surface area contributed by atoms with Gasteiger partial charge in [-0.05, 0) is 12.1 Å². The summed E-state index contributed by atoms with van der Waals surface area (Å²) in [5.41, 5.74) is 2.37. The minimum atomic E-state index is 0.866.